The van der Waals surface area contributed by atoms with Gasteiger partial charge in [0.25, 0.3) is 10.0 Å². The first-order chi connectivity index (χ1) is 9.87. The van der Waals surface area contributed by atoms with Crippen LogP contribution >= 0.6 is 28.1 Å². The standard InChI is InChI=1S/C14H13BrN2O2S2/c15-11-3-5-12(6-4-11)17-21(18,19)13-7-1-10(2-8-13)9-14(16)20/h1-8,17H,9H2,(H2,16,20). The molecule has 0 aliphatic rings. The number of anilines is 1. The molecule has 3 N–H and O–H groups in total. The van der Waals surface area contributed by atoms with Crippen LogP contribution in [0.3, 0.4) is 0 Å². The van der Waals surface area contributed by atoms with Gasteiger partial charge >= 0.3 is 0 Å². The molecule has 0 saturated carbocycles. The lowest BCUT2D eigenvalue weighted by Gasteiger charge is -2.09. The van der Waals surface area contributed by atoms with Crippen LogP contribution < -0.4 is 10.5 Å². The van der Waals surface area contributed by atoms with Crippen LogP contribution in [0, 0.1) is 0 Å². The molecule has 0 amide bonds. The second kappa shape index (κ2) is 6.55. The zero-order chi connectivity index (χ0) is 15.5. The largest absolute Gasteiger partial charge is 0.393 e. The van der Waals surface area contributed by atoms with Crippen molar-refractivity contribution in [1.82, 2.24) is 0 Å². The summed E-state index contributed by atoms with van der Waals surface area (Å²) in [5, 5.41) is 0. The highest BCUT2D eigenvalue weighted by Gasteiger charge is 2.13. The van der Waals surface area contributed by atoms with Crippen LogP contribution in [-0.4, -0.2) is 13.4 Å². The Morgan fingerprint density at radius 3 is 2.19 bits per heavy atom. The van der Waals surface area contributed by atoms with Crippen molar-refractivity contribution >= 4 is 48.8 Å². The maximum absolute atomic E-state index is 12.2. The molecule has 110 valence electrons. The lowest BCUT2D eigenvalue weighted by molar-refractivity contribution is 0.601. The summed E-state index contributed by atoms with van der Waals surface area (Å²) in [6.45, 7) is 0. The van der Waals surface area contributed by atoms with E-state index < -0.39 is 10.0 Å². The van der Waals surface area contributed by atoms with Gasteiger partial charge in [0.15, 0.2) is 0 Å². The third-order valence-electron chi connectivity index (χ3n) is 2.71. The van der Waals surface area contributed by atoms with Gasteiger partial charge in [-0.2, -0.15) is 0 Å². The molecule has 0 bridgehead atoms. The van der Waals surface area contributed by atoms with Gasteiger partial charge in [-0.3, -0.25) is 4.72 Å². The molecule has 2 rings (SSSR count). The zero-order valence-corrected chi connectivity index (χ0v) is 14.1. The molecule has 0 aliphatic heterocycles. The lowest BCUT2D eigenvalue weighted by atomic mass is 10.1. The highest BCUT2D eigenvalue weighted by atomic mass is 79.9. The molecule has 2 aromatic carbocycles. The molecule has 0 saturated heterocycles. The quantitative estimate of drug-likeness (QED) is 0.776. The highest BCUT2D eigenvalue weighted by molar-refractivity contribution is 9.10. The number of nitrogens with one attached hydrogen (secondary N) is 1. The van der Waals surface area contributed by atoms with E-state index in [1.54, 1.807) is 36.4 Å². The van der Waals surface area contributed by atoms with E-state index in [2.05, 4.69) is 20.7 Å². The fourth-order valence-electron chi connectivity index (χ4n) is 1.72. The van der Waals surface area contributed by atoms with Crippen molar-refractivity contribution in [3.63, 3.8) is 0 Å². The Labute approximate surface area is 137 Å². The van der Waals surface area contributed by atoms with Gasteiger partial charge in [0.1, 0.15) is 0 Å². The number of nitrogens with two attached hydrogens (primary N) is 1. The van der Waals surface area contributed by atoms with Crippen LogP contribution in [0.4, 0.5) is 5.69 Å². The number of hydrogen-bond acceptors (Lipinski definition) is 3. The predicted molar refractivity (Wildman–Crippen MR) is 91.9 cm³/mol. The van der Waals surface area contributed by atoms with Crippen LogP contribution in [0.5, 0.6) is 0 Å². The van der Waals surface area contributed by atoms with Crippen molar-refractivity contribution in [3.05, 3.63) is 58.6 Å². The Morgan fingerprint density at radius 1 is 1.10 bits per heavy atom. The summed E-state index contributed by atoms with van der Waals surface area (Å²) in [4.78, 5) is 0.565. The molecule has 0 radical (unpaired) electrons. The Kier molecular flexibility index (Phi) is 4.97. The van der Waals surface area contributed by atoms with E-state index in [1.165, 1.54) is 12.1 Å². The Morgan fingerprint density at radius 2 is 1.67 bits per heavy atom. The maximum Gasteiger partial charge on any atom is 0.261 e. The molecule has 0 spiro atoms. The third kappa shape index (κ3) is 4.52. The van der Waals surface area contributed by atoms with Gasteiger partial charge in [0.05, 0.1) is 9.88 Å². The topological polar surface area (TPSA) is 72.2 Å². The van der Waals surface area contributed by atoms with Gasteiger partial charge in [-0.15, -0.1) is 0 Å². The number of rotatable bonds is 5. The summed E-state index contributed by atoms with van der Waals surface area (Å²) >= 11 is 8.12. The second-order valence-corrected chi connectivity index (χ2v) is 7.52. The minimum absolute atomic E-state index is 0.192. The van der Waals surface area contributed by atoms with E-state index >= 15 is 0 Å². The van der Waals surface area contributed by atoms with E-state index in [9.17, 15) is 8.42 Å². The summed E-state index contributed by atoms with van der Waals surface area (Å²) in [5.74, 6) is 0. The van der Waals surface area contributed by atoms with E-state index in [-0.39, 0.29) is 4.90 Å². The number of benzene rings is 2. The fraction of sp³-hybridized carbons (Fsp3) is 0.0714. The number of hydrogen-bond donors (Lipinski definition) is 2. The zero-order valence-electron chi connectivity index (χ0n) is 10.9. The maximum atomic E-state index is 12.2. The fourth-order valence-corrected chi connectivity index (χ4v) is 3.21. The summed E-state index contributed by atoms with van der Waals surface area (Å²) in [6.07, 6.45) is 0.454. The SMILES string of the molecule is NC(=S)Cc1ccc(S(=O)(=O)Nc2ccc(Br)cc2)cc1. The molecule has 0 aliphatic carbocycles. The number of thiocarbonyl (C=S) groups is 1. The van der Waals surface area contributed by atoms with Gasteiger partial charge in [-0.25, -0.2) is 8.42 Å². The van der Waals surface area contributed by atoms with Gasteiger partial charge in [-0.1, -0.05) is 40.3 Å². The smallest absolute Gasteiger partial charge is 0.261 e. The molecule has 2 aromatic rings. The van der Waals surface area contributed by atoms with Gasteiger partial charge < -0.3 is 5.73 Å². The summed E-state index contributed by atoms with van der Waals surface area (Å²) in [7, 11) is -3.60. The van der Waals surface area contributed by atoms with E-state index in [1.807, 2.05) is 0 Å². The van der Waals surface area contributed by atoms with Crippen molar-refractivity contribution in [2.75, 3.05) is 4.72 Å². The normalized spacial score (nSPS) is 11.1. The van der Waals surface area contributed by atoms with Crippen LogP contribution in [0.15, 0.2) is 57.9 Å². The van der Waals surface area contributed by atoms with Crippen molar-refractivity contribution in [1.29, 1.82) is 0 Å². The number of halogens is 1. The Balaban J connectivity index is 2.19. The van der Waals surface area contributed by atoms with Crippen molar-refractivity contribution in [2.45, 2.75) is 11.3 Å². The molecule has 0 atom stereocenters. The molecular formula is C14H13BrN2O2S2. The molecule has 0 fully saturated rings. The minimum atomic E-state index is -3.60. The van der Waals surface area contributed by atoms with Crippen molar-refractivity contribution in [3.8, 4) is 0 Å². The monoisotopic (exact) mass is 384 g/mol. The van der Waals surface area contributed by atoms with Crippen LogP contribution in [-0.2, 0) is 16.4 Å². The second-order valence-electron chi connectivity index (χ2n) is 4.40. The first-order valence-corrected chi connectivity index (χ1v) is 8.71. The van der Waals surface area contributed by atoms with E-state index in [0.29, 0.717) is 17.1 Å². The predicted octanol–water partition coefficient (Wildman–Crippen LogP) is 3.08. The van der Waals surface area contributed by atoms with E-state index in [4.69, 9.17) is 18.0 Å². The van der Waals surface area contributed by atoms with Crippen molar-refractivity contribution in [2.24, 2.45) is 5.73 Å². The average Bonchev–Trinajstić information content (AvgIpc) is 2.41. The average molecular weight is 385 g/mol. The molecule has 0 heterocycles. The molecular weight excluding hydrogens is 372 g/mol. The molecule has 4 nitrogen and oxygen atoms in total. The van der Waals surface area contributed by atoms with E-state index in [0.717, 1.165) is 10.0 Å². The van der Waals surface area contributed by atoms with Crippen LogP contribution in [0.1, 0.15) is 5.56 Å². The van der Waals surface area contributed by atoms with Gasteiger partial charge in [-0.05, 0) is 42.0 Å². The summed E-state index contributed by atoms with van der Waals surface area (Å²) in [6, 6.07) is 13.4. The number of sulfonamides is 1. The first kappa shape index (κ1) is 15.9. The molecule has 21 heavy (non-hydrogen) atoms. The van der Waals surface area contributed by atoms with Gasteiger partial charge in [0, 0.05) is 16.6 Å². The molecule has 0 unspecified atom stereocenters. The minimum Gasteiger partial charge on any atom is -0.393 e. The molecule has 0 aromatic heterocycles. The van der Waals surface area contributed by atoms with Crippen LogP contribution in [0.2, 0.25) is 0 Å². The van der Waals surface area contributed by atoms with Crippen LogP contribution in [0.25, 0.3) is 0 Å². The summed E-state index contributed by atoms with van der Waals surface area (Å²) in [5.41, 5.74) is 6.84. The summed E-state index contributed by atoms with van der Waals surface area (Å²) < 4.78 is 27.9. The molecule has 7 heteroatoms. The van der Waals surface area contributed by atoms with Crippen molar-refractivity contribution < 1.29 is 8.42 Å². The first-order valence-electron chi connectivity index (χ1n) is 6.02. The Hall–Kier alpha value is -1.44. The Bertz CT molecular complexity index is 742. The lowest BCUT2D eigenvalue weighted by Crippen LogP contribution is -2.14. The van der Waals surface area contributed by atoms with Gasteiger partial charge in [0.2, 0.25) is 0 Å². The highest BCUT2D eigenvalue weighted by Crippen LogP contribution is 2.19. The third-order valence-corrected chi connectivity index (χ3v) is 4.78.